The van der Waals surface area contributed by atoms with Crippen molar-refractivity contribution < 1.29 is 8.42 Å². The quantitative estimate of drug-likeness (QED) is 0.816. The van der Waals surface area contributed by atoms with Gasteiger partial charge in [0.1, 0.15) is 16.5 Å². The highest BCUT2D eigenvalue weighted by Gasteiger charge is 2.19. The van der Waals surface area contributed by atoms with Crippen LogP contribution in [0, 0.1) is 0 Å². The molecule has 0 saturated carbocycles. The number of pyridine rings is 2. The van der Waals surface area contributed by atoms with Crippen LogP contribution in [-0.4, -0.2) is 24.9 Å². The Kier molecular flexibility index (Phi) is 5.13. The number of nitrogens with one attached hydrogen (secondary N) is 2. The Morgan fingerprint density at radius 2 is 2.05 bits per heavy atom. The molecule has 2 N–H and O–H groups in total. The van der Waals surface area contributed by atoms with Crippen LogP contribution in [0.4, 0.5) is 11.6 Å². The molecule has 2 aromatic heterocycles. The van der Waals surface area contributed by atoms with Gasteiger partial charge in [-0.05, 0) is 46.6 Å². The number of halogens is 1. The lowest BCUT2D eigenvalue weighted by atomic mass is 10.4. The van der Waals surface area contributed by atoms with E-state index in [1.807, 2.05) is 6.92 Å². The standard InChI is InChI=1S/C13H15BrN4O2S/c1-2-7-15-13-11(4-3-8-16-13)21(19,20)18-12-6-5-10(14)9-17-12/h3-6,8-9H,2,7H2,1H3,(H,15,16)(H,17,18). The topological polar surface area (TPSA) is 84.0 Å². The second-order valence-electron chi connectivity index (χ2n) is 4.24. The predicted octanol–water partition coefficient (Wildman–Crippen LogP) is 2.86. The van der Waals surface area contributed by atoms with E-state index in [9.17, 15) is 8.42 Å². The van der Waals surface area contributed by atoms with E-state index in [1.165, 1.54) is 12.3 Å². The Morgan fingerprint density at radius 1 is 1.24 bits per heavy atom. The molecular formula is C13H15BrN4O2S. The molecule has 0 atom stereocenters. The van der Waals surface area contributed by atoms with E-state index in [1.54, 1.807) is 24.4 Å². The molecule has 0 radical (unpaired) electrons. The van der Waals surface area contributed by atoms with Crippen molar-refractivity contribution >= 4 is 37.6 Å². The van der Waals surface area contributed by atoms with E-state index in [0.717, 1.165) is 10.9 Å². The molecule has 0 bridgehead atoms. The summed E-state index contributed by atoms with van der Waals surface area (Å²) in [5.41, 5.74) is 0. The first kappa shape index (κ1) is 15.7. The maximum Gasteiger partial charge on any atom is 0.266 e. The third kappa shape index (κ3) is 4.15. The molecular weight excluding hydrogens is 356 g/mol. The van der Waals surface area contributed by atoms with Gasteiger partial charge in [0.25, 0.3) is 10.0 Å². The number of hydrogen-bond donors (Lipinski definition) is 2. The van der Waals surface area contributed by atoms with Crippen molar-refractivity contribution in [2.24, 2.45) is 0 Å². The zero-order chi connectivity index (χ0) is 15.3. The van der Waals surface area contributed by atoms with Gasteiger partial charge >= 0.3 is 0 Å². The molecule has 0 aliphatic rings. The highest BCUT2D eigenvalue weighted by Crippen LogP contribution is 2.21. The number of sulfonamides is 1. The Hall–Kier alpha value is -1.67. The first-order chi connectivity index (χ1) is 10.0. The molecule has 2 rings (SSSR count). The molecule has 0 aliphatic heterocycles. The van der Waals surface area contributed by atoms with Crippen LogP contribution in [-0.2, 0) is 10.0 Å². The van der Waals surface area contributed by atoms with Gasteiger partial charge in [0.15, 0.2) is 0 Å². The van der Waals surface area contributed by atoms with Crippen LogP contribution in [0.2, 0.25) is 0 Å². The largest absolute Gasteiger partial charge is 0.369 e. The van der Waals surface area contributed by atoms with Gasteiger partial charge in [0, 0.05) is 23.4 Å². The third-order valence-corrected chi connectivity index (χ3v) is 4.42. The fraction of sp³-hybridized carbons (Fsp3) is 0.231. The summed E-state index contributed by atoms with van der Waals surface area (Å²) in [4.78, 5) is 8.18. The van der Waals surface area contributed by atoms with Gasteiger partial charge in [-0.25, -0.2) is 18.4 Å². The van der Waals surface area contributed by atoms with E-state index in [-0.39, 0.29) is 10.7 Å². The van der Waals surface area contributed by atoms with Crippen molar-refractivity contribution in [1.82, 2.24) is 9.97 Å². The van der Waals surface area contributed by atoms with Crippen molar-refractivity contribution in [2.45, 2.75) is 18.2 Å². The fourth-order valence-electron chi connectivity index (χ4n) is 1.61. The lowest BCUT2D eigenvalue weighted by molar-refractivity contribution is 0.601. The third-order valence-electron chi connectivity index (χ3n) is 2.57. The summed E-state index contributed by atoms with van der Waals surface area (Å²) in [6.07, 6.45) is 3.95. The first-order valence-corrected chi connectivity index (χ1v) is 8.64. The molecule has 0 fully saturated rings. The van der Waals surface area contributed by atoms with Gasteiger partial charge in [0.2, 0.25) is 0 Å². The van der Waals surface area contributed by atoms with Crippen molar-refractivity contribution in [3.63, 3.8) is 0 Å². The smallest absolute Gasteiger partial charge is 0.266 e. The van der Waals surface area contributed by atoms with E-state index < -0.39 is 10.0 Å². The minimum absolute atomic E-state index is 0.100. The monoisotopic (exact) mass is 370 g/mol. The highest BCUT2D eigenvalue weighted by molar-refractivity contribution is 9.10. The molecule has 112 valence electrons. The highest BCUT2D eigenvalue weighted by atomic mass is 79.9. The van der Waals surface area contributed by atoms with Gasteiger partial charge < -0.3 is 5.32 Å². The van der Waals surface area contributed by atoms with Crippen molar-refractivity contribution in [1.29, 1.82) is 0 Å². The molecule has 0 saturated heterocycles. The lowest BCUT2D eigenvalue weighted by Gasteiger charge is -2.12. The minimum Gasteiger partial charge on any atom is -0.369 e. The maximum absolute atomic E-state index is 12.4. The summed E-state index contributed by atoms with van der Waals surface area (Å²) >= 11 is 3.25. The number of rotatable bonds is 6. The van der Waals surface area contributed by atoms with E-state index in [0.29, 0.717) is 12.4 Å². The molecule has 2 heterocycles. The normalized spacial score (nSPS) is 11.1. The summed E-state index contributed by atoms with van der Waals surface area (Å²) < 4.78 is 28.1. The summed E-state index contributed by atoms with van der Waals surface area (Å²) in [5, 5.41) is 3.01. The number of anilines is 2. The molecule has 0 amide bonds. The summed E-state index contributed by atoms with van der Waals surface area (Å²) in [6, 6.07) is 6.38. The van der Waals surface area contributed by atoms with Crippen LogP contribution in [0.5, 0.6) is 0 Å². The van der Waals surface area contributed by atoms with E-state index in [4.69, 9.17) is 0 Å². The Morgan fingerprint density at radius 3 is 2.71 bits per heavy atom. The average molecular weight is 371 g/mol. The van der Waals surface area contributed by atoms with Gasteiger partial charge in [-0.15, -0.1) is 0 Å². The molecule has 0 unspecified atom stereocenters. The zero-order valence-corrected chi connectivity index (χ0v) is 13.8. The van der Waals surface area contributed by atoms with Crippen LogP contribution < -0.4 is 10.0 Å². The molecule has 0 aromatic carbocycles. The Labute approximate surface area is 132 Å². The predicted molar refractivity (Wildman–Crippen MR) is 85.8 cm³/mol. The maximum atomic E-state index is 12.4. The summed E-state index contributed by atoms with van der Waals surface area (Å²) in [5.74, 6) is 0.590. The van der Waals surface area contributed by atoms with Crippen LogP contribution in [0.3, 0.4) is 0 Å². The average Bonchev–Trinajstić information content (AvgIpc) is 2.47. The molecule has 8 heteroatoms. The first-order valence-electron chi connectivity index (χ1n) is 6.36. The van der Waals surface area contributed by atoms with Gasteiger partial charge in [-0.3, -0.25) is 4.72 Å². The van der Waals surface area contributed by atoms with Gasteiger partial charge in [-0.2, -0.15) is 0 Å². The fourth-order valence-corrected chi connectivity index (χ4v) is 2.99. The number of hydrogen-bond acceptors (Lipinski definition) is 5. The summed E-state index contributed by atoms with van der Waals surface area (Å²) in [6.45, 7) is 2.64. The second-order valence-corrected chi connectivity index (χ2v) is 6.81. The number of aromatic nitrogens is 2. The van der Waals surface area contributed by atoms with Crippen LogP contribution >= 0.6 is 15.9 Å². The molecule has 2 aromatic rings. The second kappa shape index (κ2) is 6.86. The number of nitrogens with zero attached hydrogens (tertiary/aromatic N) is 2. The molecule has 0 aliphatic carbocycles. The van der Waals surface area contributed by atoms with Crippen LogP contribution in [0.1, 0.15) is 13.3 Å². The van der Waals surface area contributed by atoms with E-state index >= 15 is 0 Å². The minimum atomic E-state index is -3.74. The van der Waals surface area contributed by atoms with Crippen molar-refractivity contribution in [3.8, 4) is 0 Å². The SMILES string of the molecule is CCCNc1ncccc1S(=O)(=O)Nc1ccc(Br)cn1. The molecule has 0 spiro atoms. The van der Waals surface area contributed by atoms with Crippen molar-refractivity contribution in [2.75, 3.05) is 16.6 Å². The van der Waals surface area contributed by atoms with Gasteiger partial charge in [-0.1, -0.05) is 6.92 Å². The van der Waals surface area contributed by atoms with Crippen LogP contribution in [0.15, 0.2) is 46.0 Å². The molecule has 21 heavy (non-hydrogen) atoms. The molecule has 6 nitrogen and oxygen atoms in total. The lowest BCUT2D eigenvalue weighted by Crippen LogP contribution is -2.17. The Balaban J connectivity index is 2.29. The van der Waals surface area contributed by atoms with E-state index in [2.05, 4.69) is 35.9 Å². The van der Waals surface area contributed by atoms with Crippen LogP contribution in [0.25, 0.3) is 0 Å². The van der Waals surface area contributed by atoms with Crippen molar-refractivity contribution in [3.05, 3.63) is 41.1 Å². The Bertz CT molecular complexity index is 704. The summed E-state index contributed by atoms with van der Waals surface area (Å²) in [7, 11) is -3.74. The zero-order valence-electron chi connectivity index (χ0n) is 11.4. The van der Waals surface area contributed by atoms with Gasteiger partial charge in [0.05, 0.1) is 0 Å².